The molecule has 0 aromatic heterocycles. The van der Waals surface area contributed by atoms with Gasteiger partial charge in [0, 0.05) is 28.9 Å². The SMILES string of the molecule is CNC(C)c1cc(Br)ccc1OC1CCOCC1. The number of nitrogens with one attached hydrogen (secondary N) is 1. The molecule has 1 fully saturated rings. The van der Waals surface area contributed by atoms with Gasteiger partial charge in [0.05, 0.1) is 13.2 Å². The molecule has 1 unspecified atom stereocenters. The molecule has 2 rings (SSSR count). The molecule has 0 aliphatic carbocycles. The van der Waals surface area contributed by atoms with Gasteiger partial charge in [-0.2, -0.15) is 0 Å². The first kappa shape index (κ1) is 13.8. The summed E-state index contributed by atoms with van der Waals surface area (Å²) in [5, 5.41) is 3.26. The molecule has 0 amide bonds. The quantitative estimate of drug-likeness (QED) is 0.925. The van der Waals surface area contributed by atoms with E-state index in [-0.39, 0.29) is 12.1 Å². The lowest BCUT2D eigenvalue weighted by atomic mass is 10.1. The number of hydrogen-bond donors (Lipinski definition) is 1. The highest BCUT2D eigenvalue weighted by molar-refractivity contribution is 9.10. The summed E-state index contributed by atoms with van der Waals surface area (Å²) in [6, 6.07) is 6.47. The van der Waals surface area contributed by atoms with Crippen LogP contribution in [0, 0.1) is 0 Å². The molecule has 0 saturated carbocycles. The topological polar surface area (TPSA) is 30.5 Å². The van der Waals surface area contributed by atoms with Gasteiger partial charge in [-0.05, 0) is 32.2 Å². The molecular formula is C14H20BrNO2. The van der Waals surface area contributed by atoms with Crippen molar-refractivity contribution in [2.45, 2.75) is 31.9 Å². The smallest absolute Gasteiger partial charge is 0.124 e. The lowest BCUT2D eigenvalue weighted by molar-refractivity contribution is 0.0250. The van der Waals surface area contributed by atoms with Crippen LogP contribution in [0.2, 0.25) is 0 Å². The van der Waals surface area contributed by atoms with Gasteiger partial charge in [-0.15, -0.1) is 0 Å². The van der Waals surface area contributed by atoms with Crippen LogP contribution >= 0.6 is 15.9 Å². The summed E-state index contributed by atoms with van der Waals surface area (Å²) in [4.78, 5) is 0. The van der Waals surface area contributed by atoms with Crippen molar-refractivity contribution in [3.8, 4) is 5.75 Å². The molecule has 1 aliphatic heterocycles. The third kappa shape index (κ3) is 3.46. The van der Waals surface area contributed by atoms with Crippen LogP contribution < -0.4 is 10.1 Å². The Kier molecular flexibility index (Phi) is 5.03. The molecular weight excluding hydrogens is 294 g/mol. The van der Waals surface area contributed by atoms with Gasteiger partial charge in [0.25, 0.3) is 0 Å². The van der Waals surface area contributed by atoms with E-state index in [4.69, 9.17) is 9.47 Å². The summed E-state index contributed by atoms with van der Waals surface area (Å²) in [7, 11) is 1.96. The van der Waals surface area contributed by atoms with E-state index in [0.717, 1.165) is 36.3 Å². The predicted molar refractivity (Wildman–Crippen MR) is 76.1 cm³/mol. The molecule has 1 aromatic carbocycles. The molecule has 18 heavy (non-hydrogen) atoms. The Morgan fingerprint density at radius 3 is 2.78 bits per heavy atom. The summed E-state index contributed by atoms with van der Waals surface area (Å²) < 4.78 is 12.6. The predicted octanol–water partition coefficient (Wildman–Crippen LogP) is 3.29. The molecule has 0 bridgehead atoms. The van der Waals surface area contributed by atoms with Crippen LogP contribution in [0.3, 0.4) is 0 Å². The summed E-state index contributed by atoms with van der Waals surface area (Å²) in [5.41, 5.74) is 1.19. The van der Waals surface area contributed by atoms with Crippen molar-refractivity contribution >= 4 is 15.9 Å². The number of rotatable bonds is 4. The first-order valence-electron chi connectivity index (χ1n) is 6.42. The van der Waals surface area contributed by atoms with Crippen LogP contribution in [0.25, 0.3) is 0 Å². The Morgan fingerprint density at radius 1 is 1.39 bits per heavy atom. The number of benzene rings is 1. The van der Waals surface area contributed by atoms with Gasteiger partial charge in [-0.3, -0.25) is 0 Å². The molecule has 0 spiro atoms. The van der Waals surface area contributed by atoms with E-state index in [1.165, 1.54) is 5.56 Å². The molecule has 3 nitrogen and oxygen atoms in total. The first-order chi connectivity index (χ1) is 8.70. The zero-order valence-electron chi connectivity index (χ0n) is 10.9. The van der Waals surface area contributed by atoms with Crippen molar-refractivity contribution in [2.24, 2.45) is 0 Å². The third-order valence-electron chi connectivity index (χ3n) is 3.33. The van der Waals surface area contributed by atoms with Crippen LogP contribution in [0.5, 0.6) is 5.75 Å². The van der Waals surface area contributed by atoms with Crippen molar-refractivity contribution in [2.75, 3.05) is 20.3 Å². The standard InChI is InChI=1S/C14H20BrNO2/c1-10(16-2)13-9-11(15)3-4-14(13)18-12-5-7-17-8-6-12/h3-4,9-10,12,16H,5-8H2,1-2H3. The number of ether oxygens (including phenoxy) is 2. The second kappa shape index (κ2) is 6.55. The molecule has 100 valence electrons. The fourth-order valence-electron chi connectivity index (χ4n) is 2.09. The van der Waals surface area contributed by atoms with Gasteiger partial charge in [0.15, 0.2) is 0 Å². The Balaban J connectivity index is 2.15. The lowest BCUT2D eigenvalue weighted by Crippen LogP contribution is -2.26. The molecule has 1 atom stereocenters. The second-order valence-electron chi connectivity index (χ2n) is 4.62. The van der Waals surface area contributed by atoms with Gasteiger partial charge < -0.3 is 14.8 Å². The third-order valence-corrected chi connectivity index (χ3v) is 3.83. The van der Waals surface area contributed by atoms with Crippen LogP contribution in [0.15, 0.2) is 22.7 Å². The Morgan fingerprint density at radius 2 is 2.11 bits per heavy atom. The minimum Gasteiger partial charge on any atom is -0.490 e. The highest BCUT2D eigenvalue weighted by Gasteiger charge is 2.18. The van der Waals surface area contributed by atoms with Crippen LogP contribution in [-0.4, -0.2) is 26.4 Å². The molecule has 1 aromatic rings. The maximum Gasteiger partial charge on any atom is 0.124 e. The minimum atomic E-state index is 0.275. The van der Waals surface area contributed by atoms with E-state index in [1.807, 2.05) is 19.2 Å². The fraction of sp³-hybridized carbons (Fsp3) is 0.571. The van der Waals surface area contributed by atoms with E-state index < -0.39 is 0 Å². The minimum absolute atomic E-state index is 0.275. The highest BCUT2D eigenvalue weighted by atomic mass is 79.9. The first-order valence-corrected chi connectivity index (χ1v) is 7.21. The van der Waals surface area contributed by atoms with Gasteiger partial charge in [-0.25, -0.2) is 0 Å². The number of halogens is 1. The van der Waals surface area contributed by atoms with Gasteiger partial charge in [0.2, 0.25) is 0 Å². The van der Waals surface area contributed by atoms with E-state index in [2.05, 4.69) is 34.2 Å². The second-order valence-corrected chi connectivity index (χ2v) is 5.54. The van der Waals surface area contributed by atoms with E-state index in [1.54, 1.807) is 0 Å². The van der Waals surface area contributed by atoms with Crippen molar-refractivity contribution in [1.82, 2.24) is 5.32 Å². The van der Waals surface area contributed by atoms with Crippen LogP contribution in [0.4, 0.5) is 0 Å². The molecule has 1 N–H and O–H groups in total. The van der Waals surface area contributed by atoms with Gasteiger partial charge in [-0.1, -0.05) is 15.9 Å². The summed E-state index contributed by atoms with van der Waals surface area (Å²) in [5.74, 6) is 0.979. The molecule has 4 heteroatoms. The monoisotopic (exact) mass is 313 g/mol. The molecule has 1 heterocycles. The number of hydrogen-bond acceptors (Lipinski definition) is 3. The average Bonchev–Trinajstić information content (AvgIpc) is 2.41. The van der Waals surface area contributed by atoms with Crippen molar-refractivity contribution < 1.29 is 9.47 Å². The highest BCUT2D eigenvalue weighted by Crippen LogP contribution is 2.30. The largest absolute Gasteiger partial charge is 0.490 e. The van der Waals surface area contributed by atoms with Crippen LogP contribution in [-0.2, 0) is 4.74 Å². The summed E-state index contributed by atoms with van der Waals surface area (Å²) in [6.45, 7) is 3.74. The zero-order chi connectivity index (χ0) is 13.0. The molecule has 1 aliphatic rings. The van der Waals surface area contributed by atoms with E-state index >= 15 is 0 Å². The maximum atomic E-state index is 6.12. The van der Waals surface area contributed by atoms with Crippen LogP contribution in [0.1, 0.15) is 31.4 Å². The van der Waals surface area contributed by atoms with E-state index in [0.29, 0.717) is 0 Å². The van der Waals surface area contributed by atoms with Gasteiger partial charge >= 0.3 is 0 Å². The summed E-state index contributed by atoms with van der Waals surface area (Å²) >= 11 is 3.52. The zero-order valence-corrected chi connectivity index (χ0v) is 12.5. The van der Waals surface area contributed by atoms with E-state index in [9.17, 15) is 0 Å². The normalized spacial score (nSPS) is 18.6. The Bertz CT molecular complexity index is 391. The van der Waals surface area contributed by atoms with Crippen molar-refractivity contribution in [3.63, 3.8) is 0 Å². The molecule has 1 saturated heterocycles. The van der Waals surface area contributed by atoms with Crippen molar-refractivity contribution in [3.05, 3.63) is 28.2 Å². The fourth-order valence-corrected chi connectivity index (χ4v) is 2.47. The Hall–Kier alpha value is -0.580. The lowest BCUT2D eigenvalue weighted by Gasteiger charge is -2.26. The average molecular weight is 314 g/mol. The van der Waals surface area contributed by atoms with Crippen molar-refractivity contribution in [1.29, 1.82) is 0 Å². The Labute approximate surface area is 117 Å². The maximum absolute atomic E-state index is 6.12. The molecule has 0 radical (unpaired) electrons. The van der Waals surface area contributed by atoms with Gasteiger partial charge in [0.1, 0.15) is 11.9 Å². The summed E-state index contributed by atoms with van der Waals surface area (Å²) in [6.07, 6.45) is 2.23.